The van der Waals surface area contributed by atoms with Gasteiger partial charge in [0, 0.05) is 38.4 Å². The summed E-state index contributed by atoms with van der Waals surface area (Å²) in [5.41, 5.74) is 2.27. The minimum absolute atomic E-state index is 0.169. The van der Waals surface area contributed by atoms with E-state index in [-0.39, 0.29) is 6.10 Å². The Morgan fingerprint density at radius 1 is 1.35 bits per heavy atom. The number of alkyl halides is 1. The van der Waals surface area contributed by atoms with Gasteiger partial charge in [-0.2, -0.15) is 0 Å². The fourth-order valence-electron chi connectivity index (χ4n) is 2.82. The Bertz CT molecular complexity index is 433. The standard InChI is InChI=1S/C15H22FN3O/c1-2-13-3-4-14(7-17-13)19-5-6-20-15(11-19)10-18-8-12(16)9-18/h3-4,7,12,15H,2,5-6,8-11H2,1H3/t15-/m0/s1. The molecule has 4 nitrogen and oxygen atoms in total. The van der Waals surface area contributed by atoms with Crippen molar-refractivity contribution in [1.82, 2.24) is 9.88 Å². The van der Waals surface area contributed by atoms with Crippen LogP contribution in [0.25, 0.3) is 0 Å². The van der Waals surface area contributed by atoms with E-state index in [1.165, 1.54) is 0 Å². The molecule has 5 heteroatoms. The summed E-state index contributed by atoms with van der Waals surface area (Å²) in [6.45, 7) is 6.55. The van der Waals surface area contributed by atoms with Gasteiger partial charge in [0.2, 0.25) is 0 Å². The van der Waals surface area contributed by atoms with E-state index in [9.17, 15) is 4.39 Å². The van der Waals surface area contributed by atoms with Crippen LogP contribution in [0.4, 0.5) is 10.1 Å². The Balaban J connectivity index is 1.56. The molecule has 0 spiro atoms. The van der Waals surface area contributed by atoms with Crippen LogP contribution in [0.5, 0.6) is 0 Å². The zero-order valence-corrected chi connectivity index (χ0v) is 12.0. The van der Waals surface area contributed by atoms with Crippen LogP contribution in [0, 0.1) is 0 Å². The molecule has 1 aromatic rings. The molecule has 2 saturated heterocycles. The average molecular weight is 279 g/mol. The van der Waals surface area contributed by atoms with E-state index in [4.69, 9.17) is 4.74 Å². The summed E-state index contributed by atoms with van der Waals surface area (Å²) in [7, 11) is 0. The summed E-state index contributed by atoms with van der Waals surface area (Å²) in [6.07, 6.45) is 2.44. The van der Waals surface area contributed by atoms with Gasteiger partial charge < -0.3 is 9.64 Å². The molecule has 0 aromatic carbocycles. The SMILES string of the molecule is CCc1ccc(N2CCO[C@@H](CN3CC(F)C3)C2)cn1. The lowest BCUT2D eigenvalue weighted by molar-refractivity contribution is -0.0202. The Morgan fingerprint density at radius 2 is 2.20 bits per heavy atom. The fraction of sp³-hybridized carbons (Fsp3) is 0.667. The summed E-state index contributed by atoms with van der Waals surface area (Å²) in [6, 6.07) is 4.22. The Morgan fingerprint density at radius 3 is 2.85 bits per heavy atom. The molecule has 0 radical (unpaired) electrons. The van der Waals surface area contributed by atoms with Crippen LogP contribution < -0.4 is 4.90 Å². The zero-order valence-electron chi connectivity index (χ0n) is 12.0. The number of rotatable bonds is 4. The van der Waals surface area contributed by atoms with Gasteiger partial charge in [-0.3, -0.25) is 9.88 Å². The van der Waals surface area contributed by atoms with Crippen LogP contribution in [-0.2, 0) is 11.2 Å². The van der Waals surface area contributed by atoms with E-state index in [1.807, 2.05) is 6.20 Å². The highest BCUT2D eigenvalue weighted by molar-refractivity contribution is 5.45. The first-order valence-corrected chi connectivity index (χ1v) is 7.42. The van der Waals surface area contributed by atoms with E-state index < -0.39 is 6.17 Å². The minimum atomic E-state index is -0.638. The van der Waals surface area contributed by atoms with Crippen LogP contribution in [0.2, 0.25) is 0 Å². The highest BCUT2D eigenvalue weighted by atomic mass is 19.1. The topological polar surface area (TPSA) is 28.6 Å². The second-order valence-corrected chi connectivity index (χ2v) is 5.62. The lowest BCUT2D eigenvalue weighted by Crippen LogP contribution is -2.55. The molecule has 0 unspecified atom stereocenters. The van der Waals surface area contributed by atoms with Gasteiger partial charge >= 0.3 is 0 Å². The fourth-order valence-corrected chi connectivity index (χ4v) is 2.82. The number of aryl methyl sites for hydroxylation is 1. The van der Waals surface area contributed by atoms with E-state index in [2.05, 4.69) is 33.8 Å². The molecule has 110 valence electrons. The van der Waals surface area contributed by atoms with Gasteiger partial charge in [0.25, 0.3) is 0 Å². The molecule has 0 saturated carbocycles. The zero-order chi connectivity index (χ0) is 13.9. The Kier molecular flexibility index (Phi) is 4.17. The highest BCUT2D eigenvalue weighted by Gasteiger charge is 2.30. The average Bonchev–Trinajstić information content (AvgIpc) is 2.46. The van der Waals surface area contributed by atoms with Crippen LogP contribution in [0.1, 0.15) is 12.6 Å². The molecule has 20 heavy (non-hydrogen) atoms. The van der Waals surface area contributed by atoms with Crippen molar-refractivity contribution in [1.29, 1.82) is 0 Å². The number of morpholine rings is 1. The van der Waals surface area contributed by atoms with Crippen LogP contribution >= 0.6 is 0 Å². The third-order valence-corrected chi connectivity index (χ3v) is 4.05. The van der Waals surface area contributed by atoms with Crippen LogP contribution in [0.15, 0.2) is 18.3 Å². The lowest BCUT2D eigenvalue weighted by atomic mass is 10.1. The molecule has 0 bridgehead atoms. The molecular formula is C15H22FN3O. The molecule has 0 aliphatic carbocycles. The maximum atomic E-state index is 12.8. The molecule has 0 N–H and O–H groups in total. The number of aromatic nitrogens is 1. The molecule has 2 aliphatic heterocycles. The minimum Gasteiger partial charge on any atom is -0.373 e. The lowest BCUT2D eigenvalue weighted by Gasteiger charge is -2.40. The maximum Gasteiger partial charge on any atom is 0.125 e. The summed E-state index contributed by atoms with van der Waals surface area (Å²) >= 11 is 0. The van der Waals surface area contributed by atoms with E-state index in [0.717, 1.165) is 44.0 Å². The van der Waals surface area contributed by atoms with Crippen molar-refractivity contribution in [2.45, 2.75) is 25.6 Å². The van der Waals surface area contributed by atoms with E-state index in [1.54, 1.807) is 0 Å². The first-order chi connectivity index (χ1) is 9.74. The number of nitrogens with zero attached hydrogens (tertiary/aromatic N) is 3. The van der Waals surface area contributed by atoms with Crippen molar-refractivity contribution in [3.8, 4) is 0 Å². The van der Waals surface area contributed by atoms with E-state index in [0.29, 0.717) is 13.1 Å². The second kappa shape index (κ2) is 6.06. The van der Waals surface area contributed by atoms with Crippen molar-refractivity contribution in [3.63, 3.8) is 0 Å². The first kappa shape index (κ1) is 13.8. The number of halogens is 1. The van der Waals surface area contributed by atoms with Gasteiger partial charge in [-0.15, -0.1) is 0 Å². The van der Waals surface area contributed by atoms with Gasteiger partial charge in [0.1, 0.15) is 6.17 Å². The second-order valence-electron chi connectivity index (χ2n) is 5.62. The molecule has 2 aliphatic rings. The molecule has 0 amide bonds. The van der Waals surface area contributed by atoms with Gasteiger partial charge in [-0.05, 0) is 18.6 Å². The van der Waals surface area contributed by atoms with Crippen LogP contribution in [0.3, 0.4) is 0 Å². The predicted molar refractivity (Wildman–Crippen MR) is 76.9 cm³/mol. The molecule has 1 aromatic heterocycles. The number of hydrogen-bond donors (Lipinski definition) is 0. The maximum absolute atomic E-state index is 12.8. The first-order valence-electron chi connectivity index (χ1n) is 7.42. The van der Waals surface area contributed by atoms with Gasteiger partial charge in [0.15, 0.2) is 0 Å². The summed E-state index contributed by atoms with van der Waals surface area (Å²) in [5.74, 6) is 0. The third-order valence-electron chi connectivity index (χ3n) is 4.05. The molecule has 2 fully saturated rings. The number of ether oxygens (including phenoxy) is 1. The monoisotopic (exact) mass is 279 g/mol. The largest absolute Gasteiger partial charge is 0.373 e. The number of pyridine rings is 1. The number of likely N-dealkylation sites (tertiary alicyclic amines) is 1. The normalized spacial score (nSPS) is 24.7. The smallest absolute Gasteiger partial charge is 0.125 e. The molecule has 1 atom stereocenters. The summed E-state index contributed by atoms with van der Waals surface area (Å²) in [5, 5.41) is 0. The summed E-state index contributed by atoms with van der Waals surface area (Å²) < 4.78 is 18.6. The van der Waals surface area contributed by atoms with Crippen molar-refractivity contribution >= 4 is 5.69 Å². The number of anilines is 1. The van der Waals surface area contributed by atoms with Crippen molar-refractivity contribution in [2.75, 3.05) is 44.2 Å². The van der Waals surface area contributed by atoms with E-state index >= 15 is 0 Å². The molecule has 3 rings (SSSR count). The summed E-state index contributed by atoms with van der Waals surface area (Å²) in [4.78, 5) is 8.89. The Labute approximate surface area is 119 Å². The van der Waals surface area contributed by atoms with Crippen molar-refractivity contribution in [2.24, 2.45) is 0 Å². The van der Waals surface area contributed by atoms with Gasteiger partial charge in [-0.1, -0.05) is 6.92 Å². The highest BCUT2D eigenvalue weighted by Crippen LogP contribution is 2.19. The molecule has 3 heterocycles. The number of hydrogen-bond acceptors (Lipinski definition) is 4. The van der Waals surface area contributed by atoms with Crippen LogP contribution in [-0.4, -0.2) is 61.5 Å². The Hall–Kier alpha value is -1.20. The van der Waals surface area contributed by atoms with Crippen molar-refractivity contribution in [3.05, 3.63) is 24.0 Å². The predicted octanol–water partition coefficient (Wildman–Crippen LogP) is 1.50. The quantitative estimate of drug-likeness (QED) is 0.835. The molecular weight excluding hydrogens is 257 g/mol. The van der Waals surface area contributed by atoms with Gasteiger partial charge in [-0.25, -0.2) is 4.39 Å². The van der Waals surface area contributed by atoms with Crippen molar-refractivity contribution < 1.29 is 9.13 Å². The third kappa shape index (κ3) is 3.10. The van der Waals surface area contributed by atoms with Gasteiger partial charge in [0.05, 0.1) is 24.6 Å².